The predicted molar refractivity (Wildman–Crippen MR) is 85.5 cm³/mol. The van der Waals surface area contributed by atoms with Crippen molar-refractivity contribution in [2.45, 2.75) is 45.4 Å². The fourth-order valence-electron chi connectivity index (χ4n) is 3.72. The summed E-state index contributed by atoms with van der Waals surface area (Å²) >= 11 is 0. The van der Waals surface area contributed by atoms with E-state index in [2.05, 4.69) is 50.9 Å². The number of likely N-dealkylation sites (N-methyl/N-ethyl adjacent to an activating group) is 1. The molecule has 0 spiro atoms. The minimum atomic E-state index is 0.261. The largest absolute Gasteiger partial charge is 0.497 e. The van der Waals surface area contributed by atoms with Crippen LogP contribution in [0, 0.1) is 5.41 Å². The maximum atomic E-state index is 5.42. The molecule has 20 heavy (non-hydrogen) atoms. The van der Waals surface area contributed by atoms with Gasteiger partial charge in [-0.2, -0.15) is 0 Å². The van der Waals surface area contributed by atoms with Crippen molar-refractivity contribution in [3.05, 3.63) is 29.8 Å². The summed E-state index contributed by atoms with van der Waals surface area (Å²) in [5, 5.41) is 0. The zero-order valence-electron chi connectivity index (χ0n) is 13.7. The van der Waals surface area contributed by atoms with Crippen LogP contribution < -0.4 is 4.74 Å². The van der Waals surface area contributed by atoms with Gasteiger partial charge in [-0.3, -0.25) is 0 Å². The van der Waals surface area contributed by atoms with Crippen LogP contribution in [0.1, 0.15) is 45.6 Å². The first-order valence-corrected chi connectivity index (χ1v) is 7.74. The van der Waals surface area contributed by atoms with Gasteiger partial charge in [-0.15, -0.1) is 0 Å². The summed E-state index contributed by atoms with van der Waals surface area (Å²) in [6.45, 7) is 9.42. The molecule has 0 saturated carbocycles. The monoisotopic (exact) mass is 275 g/mol. The number of hydrogen-bond acceptors (Lipinski definition) is 2. The lowest BCUT2D eigenvalue weighted by molar-refractivity contribution is 0.214. The number of ether oxygens (including phenoxy) is 1. The zero-order valence-corrected chi connectivity index (χ0v) is 13.7. The third-order valence-corrected chi connectivity index (χ3v) is 4.91. The second kappa shape index (κ2) is 5.77. The third-order valence-electron chi connectivity index (χ3n) is 4.91. The van der Waals surface area contributed by atoms with Crippen molar-refractivity contribution in [3.8, 4) is 5.75 Å². The Kier molecular flexibility index (Phi) is 4.43. The van der Waals surface area contributed by atoms with E-state index in [1.165, 1.54) is 31.4 Å². The molecule has 0 radical (unpaired) electrons. The van der Waals surface area contributed by atoms with E-state index in [4.69, 9.17) is 4.74 Å². The van der Waals surface area contributed by atoms with Gasteiger partial charge in [-0.25, -0.2) is 0 Å². The van der Waals surface area contributed by atoms with Crippen molar-refractivity contribution in [2.24, 2.45) is 5.41 Å². The molecule has 0 bridgehead atoms. The normalized spacial score (nSPS) is 27.1. The molecule has 1 heterocycles. The lowest BCUT2D eigenvalue weighted by Crippen LogP contribution is -2.38. The van der Waals surface area contributed by atoms with Gasteiger partial charge in [0.1, 0.15) is 5.75 Å². The van der Waals surface area contributed by atoms with E-state index in [0.717, 1.165) is 12.3 Å². The summed E-state index contributed by atoms with van der Waals surface area (Å²) in [6.07, 6.45) is 3.72. The van der Waals surface area contributed by atoms with Gasteiger partial charge in [0.05, 0.1) is 7.11 Å². The quantitative estimate of drug-likeness (QED) is 0.823. The molecule has 1 atom stereocenters. The lowest BCUT2D eigenvalue weighted by Gasteiger charge is -2.35. The molecule has 1 aromatic rings. The van der Waals surface area contributed by atoms with Crippen LogP contribution in [0.5, 0.6) is 5.75 Å². The minimum absolute atomic E-state index is 0.261. The topological polar surface area (TPSA) is 12.5 Å². The standard InChI is InChI=1S/C18H29NO/c1-6-18(15-8-7-9-16(12-15)20-5)11-10-17(2,3)13-19(4)14-18/h7-9,12H,6,10-11,13-14H2,1-5H3. The minimum Gasteiger partial charge on any atom is -0.497 e. The average Bonchev–Trinajstić information content (AvgIpc) is 2.54. The summed E-state index contributed by atoms with van der Waals surface area (Å²) < 4.78 is 5.42. The molecule has 1 saturated heterocycles. The van der Waals surface area contributed by atoms with E-state index in [0.29, 0.717) is 5.41 Å². The molecule has 1 unspecified atom stereocenters. The summed E-state index contributed by atoms with van der Waals surface area (Å²) in [6, 6.07) is 8.67. The Hall–Kier alpha value is -1.02. The van der Waals surface area contributed by atoms with Crippen LogP contribution in [0.15, 0.2) is 24.3 Å². The van der Waals surface area contributed by atoms with Crippen LogP contribution in [0.2, 0.25) is 0 Å². The molecule has 1 aliphatic rings. The van der Waals surface area contributed by atoms with Crippen LogP contribution in [0.25, 0.3) is 0 Å². The summed E-state index contributed by atoms with van der Waals surface area (Å²) in [5.74, 6) is 0.974. The van der Waals surface area contributed by atoms with Crippen molar-refractivity contribution < 1.29 is 4.74 Å². The van der Waals surface area contributed by atoms with E-state index < -0.39 is 0 Å². The Balaban J connectivity index is 2.37. The van der Waals surface area contributed by atoms with Crippen molar-refractivity contribution in [3.63, 3.8) is 0 Å². The van der Waals surface area contributed by atoms with Gasteiger partial charge < -0.3 is 9.64 Å². The highest BCUT2D eigenvalue weighted by Crippen LogP contribution is 2.41. The number of likely N-dealkylation sites (tertiary alicyclic amines) is 1. The first-order chi connectivity index (χ1) is 9.41. The van der Waals surface area contributed by atoms with E-state index in [1.54, 1.807) is 7.11 Å². The van der Waals surface area contributed by atoms with Crippen LogP contribution in [-0.2, 0) is 5.41 Å². The smallest absolute Gasteiger partial charge is 0.119 e. The molecule has 0 aromatic heterocycles. The highest BCUT2D eigenvalue weighted by atomic mass is 16.5. The number of hydrogen-bond donors (Lipinski definition) is 0. The molecule has 2 rings (SSSR count). The fraction of sp³-hybridized carbons (Fsp3) is 0.667. The number of benzene rings is 1. The number of nitrogens with zero attached hydrogens (tertiary/aromatic N) is 1. The van der Waals surface area contributed by atoms with Gasteiger partial charge in [0.2, 0.25) is 0 Å². The Morgan fingerprint density at radius 2 is 1.95 bits per heavy atom. The number of rotatable bonds is 3. The molecule has 1 fully saturated rings. The molecule has 0 N–H and O–H groups in total. The Bertz CT molecular complexity index is 454. The molecule has 112 valence electrons. The van der Waals surface area contributed by atoms with E-state index in [-0.39, 0.29) is 5.41 Å². The van der Waals surface area contributed by atoms with Gasteiger partial charge in [-0.1, -0.05) is 32.9 Å². The van der Waals surface area contributed by atoms with E-state index in [9.17, 15) is 0 Å². The van der Waals surface area contributed by atoms with Crippen LogP contribution >= 0.6 is 0 Å². The van der Waals surface area contributed by atoms with Gasteiger partial charge >= 0.3 is 0 Å². The molecule has 2 nitrogen and oxygen atoms in total. The highest BCUT2D eigenvalue weighted by molar-refractivity contribution is 5.34. The van der Waals surface area contributed by atoms with Crippen LogP contribution in [-0.4, -0.2) is 32.1 Å². The molecule has 1 aromatic carbocycles. The summed E-state index contributed by atoms with van der Waals surface area (Å²) in [7, 11) is 4.01. The molecule has 1 aliphatic heterocycles. The third kappa shape index (κ3) is 3.17. The van der Waals surface area contributed by atoms with Gasteiger partial charge in [0.25, 0.3) is 0 Å². The van der Waals surface area contributed by atoms with Crippen molar-refractivity contribution in [1.29, 1.82) is 0 Å². The fourth-order valence-corrected chi connectivity index (χ4v) is 3.72. The molecule has 0 amide bonds. The van der Waals surface area contributed by atoms with Gasteiger partial charge in [-0.05, 0) is 49.4 Å². The predicted octanol–water partition coefficient (Wildman–Crippen LogP) is 4.09. The second-order valence-corrected chi connectivity index (χ2v) is 7.20. The van der Waals surface area contributed by atoms with Crippen molar-refractivity contribution >= 4 is 0 Å². The zero-order chi connectivity index (χ0) is 14.8. The van der Waals surface area contributed by atoms with Crippen LogP contribution in [0.3, 0.4) is 0 Å². The second-order valence-electron chi connectivity index (χ2n) is 7.20. The summed E-state index contributed by atoms with van der Waals surface area (Å²) in [4.78, 5) is 2.51. The first-order valence-electron chi connectivity index (χ1n) is 7.74. The SMILES string of the molecule is CCC1(c2cccc(OC)c2)CCC(C)(C)CN(C)C1. The van der Waals surface area contributed by atoms with Crippen molar-refractivity contribution in [2.75, 3.05) is 27.2 Å². The maximum absolute atomic E-state index is 5.42. The van der Waals surface area contributed by atoms with Crippen LogP contribution in [0.4, 0.5) is 0 Å². The van der Waals surface area contributed by atoms with E-state index >= 15 is 0 Å². The number of methoxy groups -OCH3 is 1. The van der Waals surface area contributed by atoms with Gasteiger partial charge in [0.15, 0.2) is 0 Å². The Morgan fingerprint density at radius 3 is 2.60 bits per heavy atom. The maximum Gasteiger partial charge on any atom is 0.119 e. The highest BCUT2D eigenvalue weighted by Gasteiger charge is 2.38. The summed E-state index contributed by atoms with van der Waals surface area (Å²) in [5.41, 5.74) is 2.10. The molecule has 2 heteroatoms. The Morgan fingerprint density at radius 1 is 1.20 bits per heavy atom. The molecular weight excluding hydrogens is 246 g/mol. The molecular formula is C18H29NO. The van der Waals surface area contributed by atoms with E-state index in [1.807, 2.05) is 6.07 Å². The first kappa shape index (κ1) is 15.4. The Labute approximate surface area is 124 Å². The van der Waals surface area contributed by atoms with Gasteiger partial charge in [0, 0.05) is 18.5 Å². The molecule has 0 aliphatic carbocycles. The lowest BCUT2D eigenvalue weighted by atomic mass is 9.72. The average molecular weight is 275 g/mol. The van der Waals surface area contributed by atoms with Crippen molar-refractivity contribution in [1.82, 2.24) is 4.90 Å².